The molecule has 1 atom stereocenters. The van der Waals surface area contributed by atoms with E-state index in [-0.39, 0.29) is 22.4 Å². The number of esters is 1. The third-order valence-electron chi connectivity index (χ3n) is 3.10. The molecule has 0 saturated carbocycles. The van der Waals surface area contributed by atoms with E-state index in [1.165, 1.54) is 6.92 Å². The number of unbranched alkanes of at least 4 members (excludes halogenated alkanes) is 3. The van der Waals surface area contributed by atoms with Crippen LogP contribution in [0.4, 0.5) is 0 Å². The summed E-state index contributed by atoms with van der Waals surface area (Å²) < 4.78 is 28.2. The van der Waals surface area contributed by atoms with E-state index in [0.717, 1.165) is 32.1 Å². The van der Waals surface area contributed by atoms with Gasteiger partial charge in [0, 0.05) is 10.7 Å². The summed E-state index contributed by atoms with van der Waals surface area (Å²) in [6.45, 7) is 5.38. The predicted molar refractivity (Wildman–Crippen MR) is 80.0 cm³/mol. The normalized spacial score (nSPS) is 13.1. The molecule has 6 nitrogen and oxygen atoms in total. The molecule has 0 aliphatic heterocycles. The smallest absolute Gasteiger partial charge is 0.360 e. The number of hydrogen-bond donors (Lipinski definition) is 1. The molecule has 120 valence electrons. The number of aromatic nitrogens is 2. The maximum Gasteiger partial charge on any atom is 0.360 e. The van der Waals surface area contributed by atoms with Gasteiger partial charge in [-0.3, -0.25) is 5.10 Å². The standard InChI is InChI=1S/C13H21ClN2O4S/c1-4-5-6-7-8-9(2)20-13(17)11-12(21(14,18)19)10(3)15-16-11/h9H,4-8H2,1-3H3,(H,15,16). The number of carbonyl (C=O) groups excluding carboxylic acids is 1. The zero-order chi connectivity index (χ0) is 16.0. The number of nitrogens with zero attached hydrogens (tertiary/aromatic N) is 1. The Morgan fingerprint density at radius 2 is 2.05 bits per heavy atom. The largest absolute Gasteiger partial charge is 0.458 e. The molecule has 8 heteroatoms. The number of halogens is 1. The van der Waals surface area contributed by atoms with Gasteiger partial charge in [-0.2, -0.15) is 5.10 Å². The Balaban J connectivity index is 2.69. The lowest BCUT2D eigenvalue weighted by Gasteiger charge is -2.12. The van der Waals surface area contributed by atoms with Crippen LogP contribution in [0.1, 0.15) is 62.1 Å². The minimum absolute atomic E-state index is 0.215. The molecule has 1 aromatic rings. The van der Waals surface area contributed by atoms with Crippen LogP contribution in [-0.2, 0) is 13.8 Å². The first-order valence-corrected chi connectivity index (χ1v) is 9.28. The lowest BCUT2D eigenvalue weighted by atomic mass is 10.1. The third-order valence-corrected chi connectivity index (χ3v) is 4.55. The fourth-order valence-corrected chi connectivity index (χ4v) is 3.35. The fraction of sp³-hybridized carbons (Fsp3) is 0.692. The van der Waals surface area contributed by atoms with Crippen LogP contribution >= 0.6 is 10.7 Å². The number of carbonyl (C=O) groups is 1. The number of ether oxygens (including phenoxy) is 1. The van der Waals surface area contributed by atoms with Crippen molar-refractivity contribution in [1.82, 2.24) is 10.2 Å². The molecular weight excluding hydrogens is 316 g/mol. The molecule has 1 unspecified atom stereocenters. The molecule has 1 N–H and O–H groups in total. The molecule has 21 heavy (non-hydrogen) atoms. The molecule has 1 rings (SSSR count). The second-order valence-electron chi connectivity index (χ2n) is 5.03. The van der Waals surface area contributed by atoms with Crippen molar-refractivity contribution in [3.8, 4) is 0 Å². The average molecular weight is 337 g/mol. The van der Waals surface area contributed by atoms with E-state index in [0.29, 0.717) is 0 Å². The summed E-state index contributed by atoms with van der Waals surface area (Å²) in [4.78, 5) is 11.7. The number of hydrogen-bond acceptors (Lipinski definition) is 5. The van der Waals surface area contributed by atoms with E-state index in [1.54, 1.807) is 6.92 Å². The van der Waals surface area contributed by atoms with Crippen LogP contribution in [0.3, 0.4) is 0 Å². The summed E-state index contributed by atoms with van der Waals surface area (Å²) >= 11 is 0. The Hall–Kier alpha value is -1.08. The lowest BCUT2D eigenvalue weighted by molar-refractivity contribution is 0.0308. The first-order valence-electron chi connectivity index (χ1n) is 6.98. The minimum Gasteiger partial charge on any atom is -0.458 e. The molecule has 0 saturated heterocycles. The maximum atomic E-state index is 12.0. The van der Waals surface area contributed by atoms with Crippen molar-refractivity contribution < 1.29 is 17.9 Å². The maximum absolute atomic E-state index is 12.0. The highest BCUT2D eigenvalue weighted by atomic mass is 35.7. The summed E-state index contributed by atoms with van der Waals surface area (Å²) in [7, 11) is 1.27. The second-order valence-corrected chi connectivity index (χ2v) is 7.53. The Bertz CT molecular complexity index is 583. The Labute approximate surface area is 129 Å². The molecule has 1 aromatic heterocycles. The predicted octanol–water partition coefficient (Wildman–Crippen LogP) is 3.16. The topological polar surface area (TPSA) is 89.1 Å². The van der Waals surface area contributed by atoms with Crippen molar-refractivity contribution in [3.05, 3.63) is 11.4 Å². The van der Waals surface area contributed by atoms with Gasteiger partial charge in [-0.15, -0.1) is 0 Å². The monoisotopic (exact) mass is 336 g/mol. The number of aromatic amines is 1. The fourth-order valence-electron chi connectivity index (χ4n) is 2.01. The van der Waals surface area contributed by atoms with Gasteiger partial charge in [0.05, 0.1) is 11.8 Å². The molecule has 0 aromatic carbocycles. The van der Waals surface area contributed by atoms with Gasteiger partial charge in [0.15, 0.2) is 5.69 Å². The van der Waals surface area contributed by atoms with Crippen LogP contribution in [-0.4, -0.2) is 30.7 Å². The highest BCUT2D eigenvalue weighted by Gasteiger charge is 2.28. The van der Waals surface area contributed by atoms with Crippen LogP contribution in [0.25, 0.3) is 0 Å². The van der Waals surface area contributed by atoms with Crippen molar-refractivity contribution in [2.24, 2.45) is 0 Å². The second kappa shape index (κ2) is 7.79. The molecule has 0 amide bonds. The van der Waals surface area contributed by atoms with Crippen LogP contribution in [0, 0.1) is 6.92 Å². The van der Waals surface area contributed by atoms with Crippen LogP contribution in [0.5, 0.6) is 0 Å². The summed E-state index contributed by atoms with van der Waals surface area (Å²) in [5.74, 6) is -0.776. The van der Waals surface area contributed by atoms with Crippen molar-refractivity contribution >= 4 is 25.7 Å². The van der Waals surface area contributed by atoms with Gasteiger partial charge in [-0.25, -0.2) is 13.2 Å². The van der Waals surface area contributed by atoms with Gasteiger partial charge in [0.2, 0.25) is 0 Å². The van der Waals surface area contributed by atoms with Crippen molar-refractivity contribution in [2.45, 2.75) is 63.9 Å². The van der Waals surface area contributed by atoms with E-state index in [4.69, 9.17) is 15.4 Å². The van der Waals surface area contributed by atoms with E-state index in [2.05, 4.69) is 17.1 Å². The first kappa shape index (κ1) is 18.0. The Kier molecular flexibility index (Phi) is 6.67. The Morgan fingerprint density at radius 1 is 1.38 bits per heavy atom. The van der Waals surface area contributed by atoms with Crippen molar-refractivity contribution in [1.29, 1.82) is 0 Å². The number of rotatable bonds is 8. The Morgan fingerprint density at radius 3 is 2.62 bits per heavy atom. The van der Waals surface area contributed by atoms with E-state index < -0.39 is 15.0 Å². The summed E-state index contributed by atoms with van der Waals surface area (Å²) in [6.07, 6.45) is 4.77. The van der Waals surface area contributed by atoms with Gasteiger partial charge in [-0.1, -0.05) is 26.2 Å². The highest BCUT2D eigenvalue weighted by Crippen LogP contribution is 2.23. The molecule has 0 radical (unpaired) electrons. The third kappa shape index (κ3) is 5.32. The summed E-state index contributed by atoms with van der Waals surface area (Å²) in [5.41, 5.74) is -0.0737. The summed E-state index contributed by atoms with van der Waals surface area (Å²) in [6, 6.07) is 0. The molecule has 0 bridgehead atoms. The highest BCUT2D eigenvalue weighted by molar-refractivity contribution is 8.13. The number of aryl methyl sites for hydroxylation is 1. The van der Waals surface area contributed by atoms with Crippen LogP contribution in [0.2, 0.25) is 0 Å². The average Bonchev–Trinajstić information content (AvgIpc) is 2.76. The van der Waals surface area contributed by atoms with Crippen LogP contribution < -0.4 is 0 Å². The van der Waals surface area contributed by atoms with Gasteiger partial charge >= 0.3 is 5.97 Å². The zero-order valence-electron chi connectivity index (χ0n) is 12.5. The lowest BCUT2D eigenvalue weighted by Crippen LogP contribution is -2.17. The molecule has 0 spiro atoms. The van der Waals surface area contributed by atoms with Crippen molar-refractivity contribution in [3.63, 3.8) is 0 Å². The zero-order valence-corrected chi connectivity index (χ0v) is 14.1. The van der Waals surface area contributed by atoms with E-state index in [1.807, 2.05) is 0 Å². The number of nitrogens with one attached hydrogen (secondary N) is 1. The number of H-pyrrole nitrogens is 1. The van der Waals surface area contributed by atoms with Crippen molar-refractivity contribution in [2.75, 3.05) is 0 Å². The van der Waals surface area contributed by atoms with E-state index >= 15 is 0 Å². The van der Waals surface area contributed by atoms with Gasteiger partial charge in [0.1, 0.15) is 4.90 Å². The molecular formula is C13H21ClN2O4S. The quantitative estimate of drug-likeness (QED) is 0.447. The van der Waals surface area contributed by atoms with E-state index in [9.17, 15) is 13.2 Å². The summed E-state index contributed by atoms with van der Waals surface area (Å²) in [5, 5.41) is 6.13. The molecule has 1 heterocycles. The molecule has 0 fully saturated rings. The minimum atomic E-state index is -4.05. The van der Waals surface area contributed by atoms with Gasteiger partial charge in [-0.05, 0) is 26.7 Å². The molecule has 0 aliphatic rings. The van der Waals surface area contributed by atoms with Crippen LogP contribution in [0.15, 0.2) is 4.90 Å². The first-order chi connectivity index (χ1) is 9.77. The SMILES string of the molecule is CCCCCCC(C)OC(=O)c1n[nH]c(C)c1S(=O)(=O)Cl. The van der Waals surface area contributed by atoms with Gasteiger partial charge < -0.3 is 4.74 Å². The molecule has 0 aliphatic carbocycles. The van der Waals surface area contributed by atoms with Gasteiger partial charge in [0.25, 0.3) is 9.05 Å².